The highest BCUT2D eigenvalue weighted by molar-refractivity contribution is 9.10. The Bertz CT molecular complexity index is 452. The minimum atomic E-state index is -0.935. The number of furan rings is 1. The molecule has 1 heterocycles. The standard InChI is InChI=1S/C15H22BrNO3/c1-15(14(18)19-2,12-9-10-13(16)20-12)17-11-7-5-3-4-6-8-11/h9-11,17H,3-8H2,1-2H3. The van der Waals surface area contributed by atoms with E-state index in [0.29, 0.717) is 16.5 Å². The molecular formula is C15H22BrNO3. The predicted molar refractivity (Wildman–Crippen MR) is 80.4 cm³/mol. The first kappa shape index (κ1) is 15.6. The SMILES string of the molecule is COC(=O)C(C)(NC1CCCCCC1)c1ccc(Br)o1. The molecule has 1 aliphatic carbocycles. The highest BCUT2D eigenvalue weighted by atomic mass is 79.9. The van der Waals surface area contributed by atoms with E-state index in [-0.39, 0.29) is 5.97 Å². The molecule has 20 heavy (non-hydrogen) atoms. The summed E-state index contributed by atoms with van der Waals surface area (Å²) in [6.45, 7) is 1.83. The number of ether oxygens (including phenoxy) is 1. The number of carbonyl (C=O) groups excluding carboxylic acids is 1. The highest BCUT2D eigenvalue weighted by Gasteiger charge is 2.41. The number of methoxy groups -OCH3 is 1. The van der Waals surface area contributed by atoms with Gasteiger partial charge >= 0.3 is 5.97 Å². The van der Waals surface area contributed by atoms with Crippen molar-refractivity contribution in [1.82, 2.24) is 5.32 Å². The monoisotopic (exact) mass is 343 g/mol. The summed E-state index contributed by atoms with van der Waals surface area (Å²) in [5.74, 6) is 0.268. The van der Waals surface area contributed by atoms with Gasteiger partial charge in [-0.15, -0.1) is 0 Å². The zero-order valence-electron chi connectivity index (χ0n) is 12.1. The maximum Gasteiger partial charge on any atom is 0.333 e. The first-order chi connectivity index (χ1) is 9.56. The van der Waals surface area contributed by atoms with Gasteiger partial charge in [0.15, 0.2) is 10.2 Å². The van der Waals surface area contributed by atoms with E-state index in [4.69, 9.17) is 9.15 Å². The van der Waals surface area contributed by atoms with Crippen molar-refractivity contribution < 1.29 is 13.9 Å². The summed E-state index contributed by atoms with van der Waals surface area (Å²) in [6.07, 6.45) is 7.15. The van der Waals surface area contributed by atoms with Crippen LogP contribution in [0.4, 0.5) is 0 Å². The topological polar surface area (TPSA) is 51.5 Å². The van der Waals surface area contributed by atoms with Crippen molar-refractivity contribution in [3.05, 3.63) is 22.6 Å². The van der Waals surface area contributed by atoms with E-state index in [9.17, 15) is 4.79 Å². The third kappa shape index (κ3) is 3.44. The van der Waals surface area contributed by atoms with Crippen LogP contribution in [-0.4, -0.2) is 19.1 Å². The van der Waals surface area contributed by atoms with Gasteiger partial charge in [0.05, 0.1) is 7.11 Å². The molecule has 0 amide bonds. The average molecular weight is 344 g/mol. The highest BCUT2D eigenvalue weighted by Crippen LogP contribution is 2.29. The fourth-order valence-electron chi connectivity index (χ4n) is 2.85. The molecule has 1 atom stereocenters. The number of hydrogen-bond donors (Lipinski definition) is 1. The molecule has 1 saturated carbocycles. The van der Waals surface area contributed by atoms with Gasteiger partial charge in [0.1, 0.15) is 5.76 Å². The number of nitrogens with one attached hydrogen (secondary N) is 1. The number of carbonyl (C=O) groups is 1. The lowest BCUT2D eigenvalue weighted by Crippen LogP contribution is -2.51. The molecule has 1 aliphatic rings. The molecule has 0 bridgehead atoms. The van der Waals surface area contributed by atoms with Gasteiger partial charge in [0.2, 0.25) is 0 Å². The second-order valence-electron chi connectivity index (χ2n) is 5.55. The Morgan fingerprint density at radius 3 is 2.50 bits per heavy atom. The fourth-order valence-corrected chi connectivity index (χ4v) is 3.16. The first-order valence-electron chi connectivity index (χ1n) is 7.18. The molecule has 112 valence electrons. The molecule has 4 nitrogen and oxygen atoms in total. The molecule has 0 saturated heterocycles. The van der Waals surface area contributed by atoms with Crippen molar-refractivity contribution in [3.8, 4) is 0 Å². The van der Waals surface area contributed by atoms with Crippen LogP contribution in [0.5, 0.6) is 0 Å². The first-order valence-corrected chi connectivity index (χ1v) is 7.97. The maximum atomic E-state index is 12.2. The van der Waals surface area contributed by atoms with Gasteiger partial charge < -0.3 is 9.15 Å². The van der Waals surface area contributed by atoms with Crippen molar-refractivity contribution in [2.24, 2.45) is 0 Å². The Hall–Kier alpha value is -0.810. The van der Waals surface area contributed by atoms with E-state index < -0.39 is 5.54 Å². The maximum absolute atomic E-state index is 12.2. The number of esters is 1. The summed E-state index contributed by atoms with van der Waals surface area (Å²) in [5.41, 5.74) is -0.935. The van der Waals surface area contributed by atoms with Crippen LogP contribution in [0, 0.1) is 0 Å². The summed E-state index contributed by atoms with van der Waals surface area (Å²) in [4.78, 5) is 12.2. The quantitative estimate of drug-likeness (QED) is 0.668. The van der Waals surface area contributed by atoms with Gasteiger partial charge in [0, 0.05) is 6.04 Å². The van der Waals surface area contributed by atoms with Crippen LogP contribution in [0.3, 0.4) is 0 Å². The van der Waals surface area contributed by atoms with E-state index in [1.807, 2.05) is 13.0 Å². The number of rotatable bonds is 4. The average Bonchev–Trinajstić information content (AvgIpc) is 2.72. The molecule has 5 heteroatoms. The lowest BCUT2D eigenvalue weighted by Gasteiger charge is -2.30. The van der Waals surface area contributed by atoms with Gasteiger partial charge in [-0.2, -0.15) is 0 Å². The third-order valence-electron chi connectivity index (χ3n) is 4.01. The Balaban J connectivity index is 2.20. The van der Waals surface area contributed by atoms with Crippen molar-refractivity contribution >= 4 is 21.9 Å². The summed E-state index contributed by atoms with van der Waals surface area (Å²) >= 11 is 3.29. The second kappa shape index (κ2) is 6.76. The van der Waals surface area contributed by atoms with Crippen molar-refractivity contribution in [2.45, 2.75) is 57.0 Å². The van der Waals surface area contributed by atoms with Gasteiger partial charge in [0.25, 0.3) is 0 Å². The Morgan fingerprint density at radius 1 is 1.35 bits per heavy atom. The normalized spacial score (nSPS) is 20.1. The van der Waals surface area contributed by atoms with Gasteiger partial charge in [-0.25, -0.2) is 4.79 Å². The van der Waals surface area contributed by atoms with E-state index in [1.165, 1.54) is 32.8 Å². The zero-order valence-corrected chi connectivity index (χ0v) is 13.7. The third-order valence-corrected chi connectivity index (χ3v) is 4.43. The largest absolute Gasteiger partial charge is 0.467 e. The molecule has 1 aromatic heterocycles. The van der Waals surface area contributed by atoms with E-state index in [2.05, 4.69) is 21.2 Å². The molecule has 0 aliphatic heterocycles. The molecule has 1 aromatic rings. The molecule has 1 unspecified atom stereocenters. The summed E-state index contributed by atoms with van der Waals surface area (Å²) < 4.78 is 11.2. The van der Waals surface area contributed by atoms with Crippen molar-refractivity contribution in [3.63, 3.8) is 0 Å². The second-order valence-corrected chi connectivity index (χ2v) is 6.33. The molecule has 1 fully saturated rings. The summed E-state index contributed by atoms with van der Waals surface area (Å²) in [6, 6.07) is 3.93. The van der Waals surface area contributed by atoms with Crippen LogP contribution in [0.25, 0.3) is 0 Å². The van der Waals surface area contributed by atoms with Crippen LogP contribution in [-0.2, 0) is 15.1 Å². The van der Waals surface area contributed by atoms with Gasteiger partial charge in [-0.1, -0.05) is 25.7 Å². The summed E-state index contributed by atoms with van der Waals surface area (Å²) in [5, 5.41) is 3.46. The molecule has 2 rings (SSSR count). The van der Waals surface area contributed by atoms with Crippen molar-refractivity contribution in [1.29, 1.82) is 0 Å². The molecule has 0 radical (unpaired) electrons. The van der Waals surface area contributed by atoms with Crippen LogP contribution in [0.15, 0.2) is 21.2 Å². The number of halogens is 1. The van der Waals surface area contributed by atoms with E-state index in [0.717, 1.165) is 12.8 Å². The van der Waals surface area contributed by atoms with Gasteiger partial charge in [-0.3, -0.25) is 5.32 Å². The van der Waals surface area contributed by atoms with Crippen molar-refractivity contribution in [2.75, 3.05) is 7.11 Å². The Labute approximate surface area is 128 Å². The minimum absolute atomic E-state index is 0.316. The van der Waals surface area contributed by atoms with E-state index in [1.54, 1.807) is 6.07 Å². The smallest absolute Gasteiger partial charge is 0.333 e. The lowest BCUT2D eigenvalue weighted by molar-refractivity contribution is -0.149. The predicted octanol–water partition coefficient (Wildman–Crippen LogP) is 3.74. The Kier molecular flexibility index (Phi) is 5.27. The zero-order chi connectivity index (χ0) is 14.6. The lowest BCUT2D eigenvalue weighted by atomic mass is 9.95. The van der Waals surface area contributed by atoms with Gasteiger partial charge in [-0.05, 0) is 47.8 Å². The molecular weight excluding hydrogens is 322 g/mol. The van der Waals surface area contributed by atoms with E-state index >= 15 is 0 Å². The Morgan fingerprint density at radius 2 is 2.00 bits per heavy atom. The molecule has 0 spiro atoms. The van der Waals surface area contributed by atoms with Crippen LogP contribution < -0.4 is 5.32 Å². The summed E-state index contributed by atoms with van der Waals surface area (Å²) in [7, 11) is 1.41. The minimum Gasteiger partial charge on any atom is -0.467 e. The van der Waals surface area contributed by atoms with Crippen LogP contribution in [0.1, 0.15) is 51.2 Å². The molecule has 1 N–H and O–H groups in total. The molecule has 0 aromatic carbocycles. The van der Waals surface area contributed by atoms with Crippen LogP contribution >= 0.6 is 15.9 Å². The van der Waals surface area contributed by atoms with Crippen LogP contribution in [0.2, 0.25) is 0 Å². The fraction of sp³-hybridized carbons (Fsp3) is 0.667. The number of hydrogen-bond acceptors (Lipinski definition) is 4.